The molecule has 0 bridgehead atoms. The molecule has 9 nitrogen and oxygen atoms in total. The van der Waals surface area contributed by atoms with Gasteiger partial charge in [0.2, 0.25) is 5.82 Å². The van der Waals surface area contributed by atoms with Crippen molar-refractivity contribution in [2.24, 2.45) is 7.05 Å². The number of benzene rings is 1. The van der Waals surface area contributed by atoms with Crippen molar-refractivity contribution in [1.29, 1.82) is 0 Å². The monoisotopic (exact) mass is 355 g/mol. The van der Waals surface area contributed by atoms with E-state index >= 15 is 0 Å². The Morgan fingerprint density at radius 3 is 3.00 bits per heavy atom. The Hall–Kier alpha value is -2.78. The van der Waals surface area contributed by atoms with Crippen LogP contribution >= 0.6 is 0 Å². The lowest BCUT2D eigenvalue weighted by atomic mass is 10.2. The van der Waals surface area contributed by atoms with Crippen LogP contribution in [0.3, 0.4) is 0 Å². The van der Waals surface area contributed by atoms with Gasteiger partial charge in [0.15, 0.2) is 0 Å². The number of tetrazole rings is 1. The molecule has 3 aromatic rings. The molecule has 26 heavy (non-hydrogen) atoms. The van der Waals surface area contributed by atoms with E-state index in [0.29, 0.717) is 12.4 Å². The molecule has 1 aromatic carbocycles. The summed E-state index contributed by atoms with van der Waals surface area (Å²) in [6.07, 6.45) is 3.77. The zero-order valence-corrected chi connectivity index (χ0v) is 14.8. The molecule has 0 aliphatic carbocycles. The van der Waals surface area contributed by atoms with E-state index in [1.54, 1.807) is 14.2 Å². The van der Waals surface area contributed by atoms with Gasteiger partial charge in [-0.05, 0) is 17.3 Å². The first-order valence-corrected chi connectivity index (χ1v) is 8.48. The average Bonchev–Trinajstić information content (AvgIpc) is 3.31. The third-order valence-electron chi connectivity index (χ3n) is 4.34. The van der Waals surface area contributed by atoms with Crippen LogP contribution in [0.1, 0.15) is 17.5 Å². The molecule has 0 amide bonds. The molecule has 0 radical (unpaired) electrons. The molecule has 1 fully saturated rings. The van der Waals surface area contributed by atoms with Gasteiger partial charge in [-0.2, -0.15) is 9.90 Å². The quantitative estimate of drug-likeness (QED) is 0.674. The van der Waals surface area contributed by atoms with Gasteiger partial charge < -0.3 is 9.47 Å². The molecule has 4 rings (SSSR count). The van der Waals surface area contributed by atoms with E-state index in [9.17, 15) is 0 Å². The fourth-order valence-electron chi connectivity index (χ4n) is 3.08. The minimum atomic E-state index is -0.151. The third kappa shape index (κ3) is 3.44. The maximum absolute atomic E-state index is 5.79. The third-order valence-corrected chi connectivity index (χ3v) is 4.34. The van der Waals surface area contributed by atoms with Crippen molar-refractivity contribution in [3.63, 3.8) is 0 Å². The van der Waals surface area contributed by atoms with E-state index in [0.717, 1.165) is 36.6 Å². The average molecular weight is 355 g/mol. The highest BCUT2D eigenvalue weighted by atomic mass is 16.5. The Morgan fingerprint density at radius 1 is 1.31 bits per heavy atom. The molecule has 9 heteroatoms. The first-order valence-electron chi connectivity index (χ1n) is 8.48. The lowest BCUT2D eigenvalue weighted by Gasteiger charge is -2.30. The van der Waals surface area contributed by atoms with Crippen molar-refractivity contribution < 1.29 is 9.47 Å². The number of aryl methyl sites for hydroxylation is 1. The highest BCUT2D eigenvalue weighted by molar-refractivity contribution is 5.46. The van der Waals surface area contributed by atoms with Gasteiger partial charge in [0.05, 0.1) is 27.0 Å². The molecule has 2 aromatic heterocycles. The predicted molar refractivity (Wildman–Crippen MR) is 92.9 cm³/mol. The first-order chi connectivity index (χ1) is 12.7. The number of para-hydroxylation sites is 2. The van der Waals surface area contributed by atoms with E-state index in [2.05, 4.69) is 25.4 Å². The fraction of sp³-hybridized carbons (Fsp3) is 0.412. The lowest BCUT2D eigenvalue weighted by molar-refractivity contribution is -0.0373. The van der Waals surface area contributed by atoms with Crippen LogP contribution in [0, 0.1) is 0 Å². The SMILES string of the molecule is COc1ccccc1-n1cc(CN2CCOC(c3nnn(C)n3)C2)cn1. The Labute approximate surface area is 151 Å². The molecule has 0 spiro atoms. The number of rotatable bonds is 5. The number of nitrogens with zero attached hydrogens (tertiary/aromatic N) is 7. The van der Waals surface area contributed by atoms with Gasteiger partial charge in [-0.3, -0.25) is 4.90 Å². The number of methoxy groups -OCH3 is 1. The smallest absolute Gasteiger partial charge is 0.204 e. The van der Waals surface area contributed by atoms with Crippen molar-refractivity contribution in [1.82, 2.24) is 34.9 Å². The number of morpholine rings is 1. The summed E-state index contributed by atoms with van der Waals surface area (Å²) >= 11 is 0. The molecular formula is C17H21N7O2. The topological polar surface area (TPSA) is 83.1 Å². The molecule has 1 atom stereocenters. The maximum Gasteiger partial charge on any atom is 0.204 e. The van der Waals surface area contributed by atoms with Crippen molar-refractivity contribution in [2.45, 2.75) is 12.6 Å². The Kier molecular flexibility index (Phi) is 4.63. The predicted octanol–water partition coefficient (Wildman–Crippen LogP) is 0.978. The normalized spacial score (nSPS) is 18.2. The standard InChI is InChI=1S/C17H21N7O2/c1-22-20-17(19-21-22)16-12-23(7-8-26-16)10-13-9-18-24(11-13)14-5-3-4-6-15(14)25-2/h3-6,9,11,16H,7-8,10,12H2,1-2H3. The molecule has 136 valence electrons. The molecular weight excluding hydrogens is 334 g/mol. The molecule has 1 saturated heterocycles. The highest BCUT2D eigenvalue weighted by Gasteiger charge is 2.25. The zero-order valence-electron chi connectivity index (χ0n) is 14.8. The van der Waals surface area contributed by atoms with E-state index in [4.69, 9.17) is 9.47 Å². The minimum Gasteiger partial charge on any atom is -0.494 e. The van der Waals surface area contributed by atoms with Crippen LogP contribution in [0.15, 0.2) is 36.7 Å². The van der Waals surface area contributed by atoms with Crippen LogP contribution in [0.4, 0.5) is 0 Å². The molecule has 0 N–H and O–H groups in total. The van der Waals surface area contributed by atoms with Crippen LogP contribution in [0.25, 0.3) is 5.69 Å². The summed E-state index contributed by atoms with van der Waals surface area (Å²) in [6, 6.07) is 7.83. The summed E-state index contributed by atoms with van der Waals surface area (Å²) in [5.74, 6) is 1.42. The number of ether oxygens (including phenoxy) is 2. The van der Waals surface area contributed by atoms with Crippen LogP contribution in [-0.4, -0.2) is 61.7 Å². The van der Waals surface area contributed by atoms with Gasteiger partial charge in [-0.1, -0.05) is 12.1 Å². The molecule has 3 heterocycles. The minimum absolute atomic E-state index is 0.151. The van der Waals surface area contributed by atoms with E-state index in [1.807, 2.05) is 41.3 Å². The van der Waals surface area contributed by atoms with Gasteiger partial charge in [-0.25, -0.2) is 4.68 Å². The van der Waals surface area contributed by atoms with Crippen LogP contribution in [-0.2, 0) is 18.3 Å². The highest BCUT2D eigenvalue weighted by Crippen LogP contribution is 2.23. The van der Waals surface area contributed by atoms with Crippen molar-refractivity contribution in [3.8, 4) is 11.4 Å². The van der Waals surface area contributed by atoms with Gasteiger partial charge in [0.1, 0.15) is 17.5 Å². The van der Waals surface area contributed by atoms with Gasteiger partial charge in [0, 0.05) is 31.4 Å². The molecule has 0 saturated carbocycles. The largest absolute Gasteiger partial charge is 0.494 e. The second-order valence-electron chi connectivity index (χ2n) is 6.20. The number of hydrogen-bond donors (Lipinski definition) is 0. The summed E-state index contributed by atoms with van der Waals surface area (Å²) in [5, 5.41) is 16.7. The lowest BCUT2D eigenvalue weighted by Crippen LogP contribution is -2.38. The zero-order chi connectivity index (χ0) is 17.9. The first kappa shape index (κ1) is 16.7. The second kappa shape index (κ2) is 7.22. The second-order valence-corrected chi connectivity index (χ2v) is 6.20. The molecule has 1 aliphatic heterocycles. The Balaban J connectivity index is 1.45. The maximum atomic E-state index is 5.79. The fourth-order valence-corrected chi connectivity index (χ4v) is 3.08. The van der Waals surface area contributed by atoms with E-state index in [1.165, 1.54) is 4.80 Å². The number of aromatic nitrogens is 6. The number of hydrogen-bond acceptors (Lipinski definition) is 7. The van der Waals surface area contributed by atoms with Crippen LogP contribution < -0.4 is 4.74 Å². The van der Waals surface area contributed by atoms with Crippen molar-refractivity contribution in [2.75, 3.05) is 26.8 Å². The Morgan fingerprint density at radius 2 is 2.19 bits per heavy atom. The summed E-state index contributed by atoms with van der Waals surface area (Å²) in [4.78, 5) is 3.77. The molecule has 1 aliphatic rings. The van der Waals surface area contributed by atoms with Gasteiger partial charge in [0.25, 0.3) is 0 Å². The van der Waals surface area contributed by atoms with Crippen molar-refractivity contribution in [3.05, 3.63) is 48.0 Å². The van der Waals surface area contributed by atoms with Crippen LogP contribution in [0.2, 0.25) is 0 Å². The summed E-state index contributed by atoms with van der Waals surface area (Å²) in [7, 11) is 3.42. The van der Waals surface area contributed by atoms with E-state index in [-0.39, 0.29) is 6.10 Å². The van der Waals surface area contributed by atoms with Crippen molar-refractivity contribution >= 4 is 0 Å². The van der Waals surface area contributed by atoms with Crippen LogP contribution in [0.5, 0.6) is 5.75 Å². The van der Waals surface area contributed by atoms with Gasteiger partial charge >= 0.3 is 0 Å². The summed E-state index contributed by atoms with van der Waals surface area (Å²) in [6.45, 7) is 3.01. The molecule has 1 unspecified atom stereocenters. The van der Waals surface area contributed by atoms with Gasteiger partial charge in [-0.15, -0.1) is 10.2 Å². The Bertz CT molecular complexity index is 875. The summed E-state index contributed by atoms with van der Waals surface area (Å²) < 4.78 is 13.1. The van der Waals surface area contributed by atoms with E-state index < -0.39 is 0 Å². The summed E-state index contributed by atoms with van der Waals surface area (Å²) in [5.41, 5.74) is 2.05.